The Morgan fingerprint density at radius 1 is 0.651 bits per heavy atom. The van der Waals surface area contributed by atoms with E-state index in [0.29, 0.717) is 71.6 Å². The number of amides is 4. The summed E-state index contributed by atoms with van der Waals surface area (Å²) in [4.78, 5) is 72.1. The van der Waals surface area contributed by atoms with Gasteiger partial charge in [0.05, 0.1) is 43.8 Å². The third kappa shape index (κ3) is 7.59. The van der Waals surface area contributed by atoms with Crippen LogP contribution in [0.15, 0.2) is 91.0 Å². The summed E-state index contributed by atoms with van der Waals surface area (Å²) < 4.78 is 29.1. The van der Waals surface area contributed by atoms with E-state index in [9.17, 15) is 24.0 Å². The van der Waals surface area contributed by atoms with Crippen molar-refractivity contribution in [1.29, 1.82) is 0 Å². The van der Waals surface area contributed by atoms with Crippen LogP contribution >= 0.6 is 0 Å². The number of anilines is 5. The molecule has 0 aromatic heterocycles. The Morgan fingerprint density at radius 3 is 1.59 bits per heavy atom. The van der Waals surface area contributed by atoms with E-state index in [1.54, 1.807) is 34.1 Å². The van der Waals surface area contributed by atoms with Crippen LogP contribution in [0.2, 0.25) is 0 Å². The molecule has 2 atom stereocenters. The lowest BCUT2D eigenvalue weighted by molar-refractivity contribution is -0.140. The van der Waals surface area contributed by atoms with Gasteiger partial charge in [-0.25, -0.2) is 0 Å². The summed E-state index contributed by atoms with van der Waals surface area (Å²) in [6.07, 6.45) is 1.62. The Hall–Kier alpha value is -7.55. The van der Waals surface area contributed by atoms with E-state index in [4.69, 9.17) is 23.7 Å². The molecule has 1 unspecified atom stereocenters. The third-order valence-electron chi connectivity index (χ3n) is 11.9. The van der Waals surface area contributed by atoms with Crippen molar-refractivity contribution < 1.29 is 47.7 Å². The highest BCUT2D eigenvalue weighted by Crippen LogP contribution is 2.43. The molecular weight excluding hydrogens is 807 g/mol. The Kier molecular flexibility index (Phi) is 10.8. The number of benzene rings is 5. The lowest BCUT2D eigenvalue weighted by atomic mass is 10.1. The molecule has 4 aliphatic heterocycles. The van der Waals surface area contributed by atoms with E-state index in [0.717, 1.165) is 27.9 Å². The van der Waals surface area contributed by atoms with Gasteiger partial charge in [0, 0.05) is 62.0 Å². The number of hydrogen-bond donors (Lipinski definition) is 2. The summed E-state index contributed by atoms with van der Waals surface area (Å²) >= 11 is 0. The molecule has 0 bridgehead atoms. The first-order valence-corrected chi connectivity index (χ1v) is 20.6. The average Bonchev–Trinajstić information content (AvgIpc) is 3.84. The number of nitrogens with one attached hydrogen (secondary N) is 2. The van der Waals surface area contributed by atoms with Crippen LogP contribution in [0.4, 0.5) is 28.4 Å². The van der Waals surface area contributed by atoms with Gasteiger partial charge in [0.1, 0.15) is 25.3 Å². The molecule has 5 aromatic carbocycles. The third-order valence-corrected chi connectivity index (χ3v) is 11.9. The normalized spacial score (nSPS) is 16.8. The van der Waals surface area contributed by atoms with Crippen molar-refractivity contribution in [3.63, 3.8) is 0 Å². The molecule has 4 aliphatic rings. The maximum Gasteiger partial charge on any atom is 0.305 e. The maximum absolute atomic E-state index is 14.0. The minimum Gasteiger partial charge on any atom is -0.493 e. The van der Waals surface area contributed by atoms with Crippen molar-refractivity contribution in [3.8, 4) is 23.0 Å². The number of carbonyl (C=O) groups is 5. The largest absolute Gasteiger partial charge is 0.493 e. The second-order valence-electron chi connectivity index (χ2n) is 15.8. The van der Waals surface area contributed by atoms with Crippen LogP contribution in [-0.2, 0) is 45.2 Å². The van der Waals surface area contributed by atoms with Crippen LogP contribution in [0.1, 0.15) is 55.8 Å². The first-order valence-electron chi connectivity index (χ1n) is 20.6. The summed E-state index contributed by atoms with van der Waals surface area (Å²) in [7, 11) is 6.26. The number of hydrogen-bond acceptors (Lipinski definition) is 11. The van der Waals surface area contributed by atoms with Gasteiger partial charge in [0.2, 0.25) is 11.8 Å². The number of methoxy groups -OCH3 is 3. The quantitative estimate of drug-likeness (QED) is 0.128. The Balaban J connectivity index is 0.982. The second kappa shape index (κ2) is 16.7. The molecule has 15 nitrogen and oxygen atoms in total. The molecule has 5 aromatic rings. The number of rotatable bonds is 13. The van der Waals surface area contributed by atoms with Crippen molar-refractivity contribution in [3.05, 3.63) is 124 Å². The van der Waals surface area contributed by atoms with Crippen LogP contribution in [0, 0.1) is 0 Å². The van der Waals surface area contributed by atoms with E-state index in [1.165, 1.54) is 21.3 Å². The summed E-state index contributed by atoms with van der Waals surface area (Å²) in [6, 6.07) is 25.9. The van der Waals surface area contributed by atoms with Gasteiger partial charge in [0.25, 0.3) is 11.8 Å². The molecule has 15 heteroatoms. The fraction of sp³-hybridized carbons (Fsp3) is 0.271. The van der Waals surface area contributed by atoms with Crippen LogP contribution in [0.25, 0.3) is 0 Å². The van der Waals surface area contributed by atoms with Gasteiger partial charge in [0.15, 0.2) is 23.0 Å². The molecule has 63 heavy (non-hydrogen) atoms. The first kappa shape index (κ1) is 40.8. The van der Waals surface area contributed by atoms with Gasteiger partial charge in [-0.15, -0.1) is 0 Å². The summed E-state index contributed by atoms with van der Waals surface area (Å²) in [5, 5.41) is 5.90. The number of para-hydroxylation sites is 2. The zero-order chi connectivity index (χ0) is 43.9. The number of esters is 1. The maximum atomic E-state index is 14.0. The SMILES string of the molecule is COC(=O)CCCN(C)c1cc(COc2cc3c(cc2OC)C(=O)N2c4ccccc4CC2C(=O)N3)cc(COc2cc3c(cc2OC)C(=O)N2c4ccccc4C[C@H]2C(=O)N3)c1. The van der Waals surface area contributed by atoms with Crippen molar-refractivity contribution in [2.75, 3.05) is 60.3 Å². The molecule has 322 valence electrons. The fourth-order valence-electron chi connectivity index (χ4n) is 8.75. The predicted molar refractivity (Wildman–Crippen MR) is 234 cm³/mol. The Morgan fingerprint density at radius 2 is 1.13 bits per heavy atom. The molecule has 9 rings (SSSR count). The standard InChI is InChI=1S/C48H45N5O10/c1-51(15-9-14-44(54)61-4)31-17-27(25-62-42-23-34-32(21-40(42)59-2)47(57)52-36-12-7-5-10-29(36)19-38(52)45(55)49-34)16-28(18-31)26-63-43-24-35-33(22-41(43)60-3)48(58)53-37-13-8-6-11-30(37)20-39(53)46(56)50-35/h5-8,10-13,16-18,21-24,38-39H,9,14-15,19-20,25-26H2,1-4H3,(H,49,55)(H,50,56)/t38-,39?/m0/s1. The van der Waals surface area contributed by atoms with Crippen molar-refractivity contribution in [2.45, 2.75) is 51.0 Å². The van der Waals surface area contributed by atoms with E-state index >= 15 is 0 Å². The highest BCUT2D eigenvalue weighted by molar-refractivity contribution is 6.21. The molecule has 0 spiro atoms. The van der Waals surface area contributed by atoms with E-state index < -0.39 is 12.1 Å². The van der Waals surface area contributed by atoms with Crippen molar-refractivity contribution in [1.82, 2.24) is 0 Å². The molecule has 4 heterocycles. The molecule has 0 fully saturated rings. The van der Waals surface area contributed by atoms with Gasteiger partial charge >= 0.3 is 5.97 Å². The lowest BCUT2D eigenvalue weighted by Gasteiger charge is -2.22. The molecule has 0 saturated heterocycles. The Labute approximate surface area is 363 Å². The highest BCUT2D eigenvalue weighted by Gasteiger charge is 2.44. The van der Waals surface area contributed by atoms with E-state index in [2.05, 4.69) is 10.6 Å². The van der Waals surface area contributed by atoms with Gasteiger partial charge in [-0.3, -0.25) is 33.8 Å². The summed E-state index contributed by atoms with van der Waals surface area (Å²) in [6.45, 7) is 0.670. The highest BCUT2D eigenvalue weighted by atomic mass is 16.5. The average molecular weight is 852 g/mol. The molecule has 0 radical (unpaired) electrons. The van der Waals surface area contributed by atoms with E-state index in [1.807, 2.05) is 78.7 Å². The summed E-state index contributed by atoms with van der Waals surface area (Å²) in [5.74, 6) is -0.270. The van der Waals surface area contributed by atoms with Crippen molar-refractivity contribution in [2.24, 2.45) is 0 Å². The second-order valence-corrected chi connectivity index (χ2v) is 15.8. The number of carbonyl (C=O) groups excluding carboxylic acids is 5. The van der Waals surface area contributed by atoms with Crippen LogP contribution in [0.5, 0.6) is 23.0 Å². The lowest BCUT2D eigenvalue weighted by Crippen LogP contribution is -2.42. The van der Waals surface area contributed by atoms with Crippen molar-refractivity contribution >= 4 is 58.0 Å². The van der Waals surface area contributed by atoms with Gasteiger partial charge in [-0.1, -0.05) is 36.4 Å². The molecular formula is C48H45N5O10. The minimum atomic E-state index is -0.687. The summed E-state index contributed by atoms with van der Waals surface area (Å²) in [5.41, 5.74) is 6.80. The zero-order valence-corrected chi connectivity index (χ0v) is 35.2. The van der Waals surface area contributed by atoms with E-state index in [-0.39, 0.29) is 60.4 Å². The van der Waals surface area contributed by atoms with Crippen LogP contribution < -0.4 is 44.3 Å². The number of nitrogens with zero attached hydrogens (tertiary/aromatic N) is 3. The monoisotopic (exact) mass is 851 g/mol. The predicted octanol–water partition coefficient (Wildman–Crippen LogP) is 6.30. The van der Waals surface area contributed by atoms with Crippen LogP contribution in [0.3, 0.4) is 0 Å². The Bertz CT molecular complexity index is 2540. The van der Waals surface area contributed by atoms with Crippen LogP contribution in [-0.4, -0.2) is 76.6 Å². The van der Waals surface area contributed by atoms with Gasteiger partial charge in [-0.05, 0) is 71.1 Å². The molecule has 0 saturated carbocycles. The first-order chi connectivity index (χ1) is 30.5. The number of ether oxygens (including phenoxy) is 5. The molecule has 4 amide bonds. The number of fused-ring (bicyclic) bond motifs is 8. The smallest absolute Gasteiger partial charge is 0.305 e. The molecule has 0 aliphatic carbocycles. The zero-order valence-electron chi connectivity index (χ0n) is 35.2. The fourth-order valence-corrected chi connectivity index (χ4v) is 8.75. The molecule has 2 N–H and O–H groups in total. The topological polar surface area (TPSA) is 165 Å². The van der Waals surface area contributed by atoms with Gasteiger partial charge < -0.3 is 39.2 Å². The minimum absolute atomic E-state index is 0.0626. The van der Waals surface area contributed by atoms with Gasteiger partial charge in [-0.2, -0.15) is 0 Å².